The molecule has 2 aromatic carbocycles. The van der Waals surface area contributed by atoms with Gasteiger partial charge in [0, 0.05) is 25.4 Å². The van der Waals surface area contributed by atoms with Crippen molar-refractivity contribution in [2.75, 3.05) is 19.7 Å². The first-order valence-corrected chi connectivity index (χ1v) is 14.3. The summed E-state index contributed by atoms with van der Waals surface area (Å²) in [5.41, 5.74) is 2.58. The summed E-state index contributed by atoms with van der Waals surface area (Å²) in [5, 5.41) is 0.816. The van der Waals surface area contributed by atoms with E-state index < -0.39 is 10.0 Å². The van der Waals surface area contributed by atoms with Crippen molar-refractivity contribution in [3.63, 3.8) is 0 Å². The van der Waals surface area contributed by atoms with E-state index in [1.165, 1.54) is 12.1 Å². The molecule has 3 aromatic rings. The van der Waals surface area contributed by atoms with Crippen LogP contribution in [0, 0.1) is 11.7 Å². The first-order chi connectivity index (χ1) is 16.4. The zero-order valence-corrected chi connectivity index (χ0v) is 21.0. The van der Waals surface area contributed by atoms with Crippen molar-refractivity contribution in [1.29, 1.82) is 0 Å². The van der Waals surface area contributed by atoms with Crippen LogP contribution < -0.4 is 0 Å². The Labute approximate surface area is 204 Å². The number of thioether (sulfide) groups is 1. The standard InChI is InChI=1S/C25H30FN3O3S2/c1-18-4-2-12-28(15-18)34(30,31)22-10-11-24-23(14-22)27-25(29(24)16-21-5-3-13-32-21)33-17-19-6-8-20(26)9-7-19/h6-11,14,18,21H,2-5,12-13,15-17H2,1H3/t18-,21+/m1/s1. The van der Waals surface area contributed by atoms with E-state index in [1.807, 2.05) is 6.07 Å². The van der Waals surface area contributed by atoms with Gasteiger partial charge in [-0.05, 0) is 67.5 Å². The Morgan fingerprint density at radius 2 is 1.97 bits per heavy atom. The second-order valence-corrected chi connectivity index (χ2v) is 12.2. The third-order valence-electron chi connectivity index (χ3n) is 6.63. The molecule has 1 aromatic heterocycles. The van der Waals surface area contributed by atoms with Crippen LogP contribution in [0.25, 0.3) is 11.0 Å². The minimum absolute atomic E-state index is 0.126. The summed E-state index contributed by atoms with van der Waals surface area (Å²) in [4.78, 5) is 5.13. The summed E-state index contributed by atoms with van der Waals surface area (Å²) in [6.07, 6.45) is 4.13. The zero-order chi connectivity index (χ0) is 23.7. The highest BCUT2D eigenvalue weighted by Gasteiger charge is 2.29. The summed E-state index contributed by atoms with van der Waals surface area (Å²) < 4.78 is 49.5. The number of benzene rings is 2. The normalized spacial score (nSPS) is 21.9. The van der Waals surface area contributed by atoms with Crippen LogP contribution in [0.4, 0.5) is 4.39 Å². The third kappa shape index (κ3) is 5.03. The van der Waals surface area contributed by atoms with E-state index in [2.05, 4.69) is 11.5 Å². The van der Waals surface area contributed by atoms with E-state index >= 15 is 0 Å². The van der Waals surface area contributed by atoms with Crippen LogP contribution >= 0.6 is 11.8 Å². The van der Waals surface area contributed by atoms with E-state index in [9.17, 15) is 12.8 Å². The van der Waals surface area contributed by atoms with Crippen LogP contribution in [-0.4, -0.2) is 48.1 Å². The molecule has 0 spiro atoms. The van der Waals surface area contributed by atoms with Crippen molar-refractivity contribution >= 4 is 32.8 Å². The molecule has 0 N–H and O–H groups in total. The number of nitrogens with zero attached hydrogens (tertiary/aromatic N) is 3. The van der Waals surface area contributed by atoms with Gasteiger partial charge in [-0.25, -0.2) is 17.8 Å². The second-order valence-electron chi connectivity index (χ2n) is 9.32. The van der Waals surface area contributed by atoms with E-state index in [1.54, 1.807) is 40.3 Å². The lowest BCUT2D eigenvalue weighted by molar-refractivity contribution is 0.0960. The van der Waals surface area contributed by atoms with Crippen LogP contribution in [0.3, 0.4) is 0 Å². The van der Waals surface area contributed by atoms with Gasteiger partial charge in [0.1, 0.15) is 5.82 Å². The number of sulfonamides is 1. The molecule has 9 heteroatoms. The van der Waals surface area contributed by atoms with Crippen molar-refractivity contribution in [3.8, 4) is 0 Å². The molecule has 2 fully saturated rings. The Balaban J connectivity index is 1.46. The summed E-state index contributed by atoms with van der Waals surface area (Å²) >= 11 is 1.57. The van der Waals surface area contributed by atoms with Crippen LogP contribution in [-0.2, 0) is 27.1 Å². The lowest BCUT2D eigenvalue weighted by Crippen LogP contribution is -2.39. The van der Waals surface area contributed by atoms with Gasteiger partial charge in [0.15, 0.2) is 5.16 Å². The Kier molecular flexibility index (Phi) is 6.97. The van der Waals surface area contributed by atoms with Crippen molar-refractivity contribution in [2.45, 2.75) is 61.1 Å². The van der Waals surface area contributed by atoms with Crippen LogP contribution in [0.1, 0.15) is 38.2 Å². The van der Waals surface area contributed by atoms with E-state index in [-0.39, 0.29) is 11.9 Å². The number of hydrogen-bond donors (Lipinski definition) is 0. The van der Waals surface area contributed by atoms with E-state index in [4.69, 9.17) is 9.72 Å². The minimum atomic E-state index is -3.55. The van der Waals surface area contributed by atoms with Crippen molar-refractivity contribution in [3.05, 3.63) is 53.8 Å². The Bertz CT molecular complexity index is 1250. The fourth-order valence-electron chi connectivity index (χ4n) is 4.77. The number of fused-ring (bicyclic) bond motifs is 1. The van der Waals surface area contributed by atoms with Crippen molar-refractivity contribution < 1.29 is 17.5 Å². The third-order valence-corrected chi connectivity index (χ3v) is 9.54. The number of hydrogen-bond acceptors (Lipinski definition) is 5. The zero-order valence-electron chi connectivity index (χ0n) is 19.3. The first kappa shape index (κ1) is 23.8. The minimum Gasteiger partial charge on any atom is -0.376 e. The van der Waals surface area contributed by atoms with Gasteiger partial charge in [-0.2, -0.15) is 4.31 Å². The van der Waals surface area contributed by atoms with Gasteiger partial charge in [0.25, 0.3) is 0 Å². The molecule has 0 unspecified atom stereocenters. The highest BCUT2D eigenvalue weighted by Crippen LogP contribution is 2.31. The highest BCUT2D eigenvalue weighted by atomic mass is 32.2. The smallest absolute Gasteiger partial charge is 0.243 e. The molecule has 182 valence electrons. The average molecular weight is 504 g/mol. The number of ether oxygens (including phenoxy) is 1. The first-order valence-electron chi connectivity index (χ1n) is 11.9. The summed E-state index contributed by atoms with van der Waals surface area (Å²) in [6, 6.07) is 11.8. The van der Waals surface area contributed by atoms with Crippen LogP contribution in [0.15, 0.2) is 52.5 Å². The maximum atomic E-state index is 13.3. The van der Waals surface area contributed by atoms with Crippen LogP contribution in [0.2, 0.25) is 0 Å². The van der Waals surface area contributed by atoms with Gasteiger partial charge in [-0.1, -0.05) is 30.8 Å². The molecule has 0 amide bonds. The largest absolute Gasteiger partial charge is 0.376 e. The van der Waals surface area contributed by atoms with E-state index in [0.717, 1.165) is 48.5 Å². The van der Waals surface area contributed by atoms with Crippen molar-refractivity contribution in [2.24, 2.45) is 5.92 Å². The maximum absolute atomic E-state index is 13.3. The van der Waals surface area contributed by atoms with Gasteiger partial charge >= 0.3 is 0 Å². The van der Waals surface area contributed by atoms with Gasteiger partial charge in [-0.15, -0.1) is 0 Å². The molecule has 2 aliphatic heterocycles. The lowest BCUT2D eigenvalue weighted by atomic mass is 10.0. The lowest BCUT2D eigenvalue weighted by Gasteiger charge is -2.30. The summed E-state index contributed by atoms with van der Waals surface area (Å²) in [6.45, 7) is 4.68. The monoisotopic (exact) mass is 503 g/mol. The van der Waals surface area contributed by atoms with Crippen molar-refractivity contribution in [1.82, 2.24) is 13.9 Å². The van der Waals surface area contributed by atoms with Gasteiger partial charge in [0.2, 0.25) is 10.0 Å². The second kappa shape index (κ2) is 9.97. The predicted octanol–water partition coefficient (Wildman–Crippen LogP) is 5.07. The molecule has 2 aliphatic rings. The maximum Gasteiger partial charge on any atom is 0.243 e. The molecule has 0 radical (unpaired) electrons. The molecule has 2 saturated heterocycles. The van der Waals surface area contributed by atoms with Crippen LogP contribution in [0.5, 0.6) is 0 Å². The molecule has 0 bridgehead atoms. The molecule has 3 heterocycles. The van der Waals surface area contributed by atoms with Gasteiger partial charge in [0.05, 0.1) is 28.6 Å². The average Bonchev–Trinajstić information content (AvgIpc) is 3.46. The fourth-order valence-corrected chi connectivity index (χ4v) is 7.37. The van der Waals surface area contributed by atoms with Gasteiger partial charge in [-0.3, -0.25) is 0 Å². The molecular formula is C25H30FN3O3S2. The highest BCUT2D eigenvalue weighted by molar-refractivity contribution is 7.98. The quantitative estimate of drug-likeness (QED) is 0.422. The Morgan fingerprint density at radius 1 is 1.15 bits per heavy atom. The Morgan fingerprint density at radius 3 is 2.71 bits per heavy atom. The number of piperidine rings is 1. The molecule has 34 heavy (non-hydrogen) atoms. The van der Waals surface area contributed by atoms with Gasteiger partial charge < -0.3 is 9.30 Å². The SMILES string of the molecule is C[C@@H]1CCCN(S(=O)(=O)c2ccc3c(c2)nc(SCc2ccc(F)cc2)n3C[C@@H]2CCCO2)C1. The molecule has 6 nitrogen and oxygen atoms in total. The van der Waals surface area contributed by atoms with E-state index in [0.29, 0.717) is 41.7 Å². The fraction of sp³-hybridized carbons (Fsp3) is 0.480. The molecular weight excluding hydrogens is 473 g/mol. The summed E-state index contributed by atoms with van der Waals surface area (Å²) in [5.74, 6) is 0.759. The number of aromatic nitrogens is 2. The number of rotatable bonds is 7. The number of imidazole rings is 1. The molecule has 5 rings (SSSR count). The topological polar surface area (TPSA) is 64.4 Å². The molecule has 2 atom stereocenters. The predicted molar refractivity (Wildman–Crippen MR) is 132 cm³/mol. The molecule has 0 aliphatic carbocycles. The summed E-state index contributed by atoms with van der Waals surface area (Å²) in [7, 11) is -3.55. The Hall–Kier alpha value is -1.94. The number of halogens is 1. The molecule has 0 saturated carbocycles.